The van der Waals surface area contributed by atoms with Gasteiger partial charge in [0.05, 0.1) is 0 Å². The third kappa shape index (κ3) is 3.49. The van der Waals surface area contributed by atoms with Crippen molar-refractivity contribution in [3.8, 4) is 0 Å². The van der Waals surface area contributed by atoms with Gasteiger partial charge in [0.15, 0.2) is 5.96 Å². The molecule has 0 unspecified atom stereocenters. The van der Waals surface area contributed by atoms with Gasteiger partial charge in [-0.25, -0.2) is 0 Å². The van der Waals surface area contributed by atoms with Gasteiger partial charge in [0.2, 0.25) is 0 Å². The zero-order valence-corrected chi connectivity index (χ0v) is 12.3. The topological polar surface area (TPSA) is 36.4 Å². The Hall–Kier alpha value is -1.51. The van der Waals surface area contributed by atoms with Gasteiger partial charge in [0.25, 0.3) is 0 Å². The first kappa shape index (κ1) is 13.9. The van der Waals surface area contributed by atoms with E-state index in [0.29, 0.717) is 0 Å². The third-order valence-electron chi connectivity index (χ3n) is 3.66. The molecule has 0 saturated heterocycles. The van der Waals surface area contributed by atoms with E-state index in [1.807, 2.05) is 0 Å². The molecule has 1 aromatic rings. The Labute approximate surface area is 116 Å². The lowest BCUT2D eigenvalue weighted by Gasteiger charge is -2.22. The summed E-state index contributed by atoms with van der Waals surface area (Å²) in [4.78, 5) is 4.73. The Bertz CT molecular complexity index is 418. The molecule has 0 amide bonds. The number of aliphatic imine (C=N–C) groups is 1. The Morgan fingerprint density at radius 3 is 2.11 bits per heavy atom. The molecular formula is C16H25N3. The average molecular weight is 259 g/mol. The van der Waals surface area contributed by atoms with Gasteiger partial charge in [-0.15, -0.1) is 0 Å². The number of nitrogens with zero attached hydrogens (tertiary/aromatic N) is 1. The highest BCUT2D eigenvalue weighted by atomic mass is 15.2. The summed E-state index contributed by atoms with van der Waals surface area (Å²) in [5.74, 6) is 0.933. The van der Waals surface area contributed by atoms with Crippen molar-refractivity contribution in [2.75, 3.05) is 19.6 Å². The van der Waals surface area contributed by atoms with Crippen LogP contribution in [0.2, 0.25) is 0 Å². The number of rotatable bonds is 4. The second-order valence-corrected chi connectivity index (χ2v) is 5.66. The summed E-state index contributed by atoms with van der Waals surface area (Å²) in [7, 11) is 0. The van der Waals surface area contributed by atoms with Crippen molar-refractivity contribution in [1.82, 2.24) is 10.6 Å². The summed E-state index contributed by atoms with van der Waals surface area (Å²) in [6, 6.07) is 8.77. The number of fused-ring (bicyclic) bond motifs is 1. The van der Waals surface area contributed by atoms with Crippen LogP contribution in [0.15, 0.2) is 29.3 Å². The van der Waals surface area contributed by atoms with Crippen LogP contribution in [-0.4, -0.2) is 25.6 Å². The Morgan fingerprint density at radius 2 is 1.63 bits per heavy atom. The van der Waals surface area contributed by atoms with Crippen LogP contribution in [0.1, 0.15) is 31.9 Å². The molecule has 0 saturated carbocycles. The van der Waals surface area contributed by atoms with Crippen LogP contribution in [0.25, 0.3) is 0 Å². The first-order chi connectivity index (χ1) is 9.17. The molecule has 0 aromatic heterocycles. The summed E-state index contributed by atoms with van der Waals surface area (Å²) in [6.45, 7) is 9.22. The normalized spacial score (nSPS) is 15.7. The molecule has 3 nitrogen and oxygen atoms in total. The first-order valence-electron chi connectivity index (χ1n) is 7.26. The van der Waals surface area contributed by atoms with Gasteiger partial charge in [0, 0.05) is 19.6 Å². The van der Waals surface area contributed by atoms with Crippen LogP contribution in [0.4, 0.5) is 0 Å². The van der Waals surface area contributed by atoms with Gasteiger partial charge in [-0.1, -0.05) is 31.2 Å². The largest absolute Gasteiger partial charge is 0.357 e. The van der Waals surface area contributed by atoms with Gasteiger partial charge in [-0.3, -0.25) is 4.99 Å². The van der Waals surface area contributed by atoms with Crippen LogP contribution >= 0.6 is 0 Å². The molecule has 2 rings (SSSR count). The number of hydrogen-bond donors (Lipinski definition) is 2. The smallest absolute Gasteiger partial charge is 0.191 e. The van der Waals surface area contributed by atoms with E-state index < -0.39 is 0 Å². The fourth-order valence-electron chi connectivity index (χ4n) is 2.78. The van der Waals surface area contributed by atoms with E-state index in [0.717, 1.165) is 38.4 Å². The molecule has 1 aromatic carbocycles. The SMILES string of the molecule is CCNC(=NCC1(C)Cc2ccccc2C1)NCC. The van der Waals surface area contributed by atoms with Gasteiger partial charge in [-0.05, 0) is 43.2 Å². The fraction of sp³-hybridized carbons (Fsp3) is 0.562. The molecule has 1 aliphatic rings. The number of guanidine groups is 1. The van der Waals surface area contributed by atoms with Crippen LogP contribution in [0, 0.1) is 5.41 Å². The molecule has 19 heavy (non-hydrogen) atoms. The molecule has 104 valence electrons. The highest BCUT2D eigenvalue weighted by Gasteiger charge is 2.32. The van der Waals surface area contributed by atoms with E-state index in [4.69, 9.17) is 4.99 Å². The minimum Gasteiger partial charge on any atom is -0.357 e. The lowest BCUT2D eigenvalue weighted by molar-refractivity contribution is 0.359. The van der Waals surface area contributed by atoms with E-state index >= 15 is 0 Å². The van der Waals surface area contributed by atoms with E-state index in [1.54, 1.807) is 0 Å². The van der Waals surface area contributed by atoms with Crippen molar-refractivity contribution in [3.63, 3.8) is 0 Å². The maximum absolute atomic E-state index is 4.73. The van der Waals surface area contributed by atoms with Crippen molar-refractivity contribution >= 4 is 5.96 Å². The Morgan fingerprint density at radius 1 is 1.11 bits per heavy atom. The Balaban J connectivity index is 2.02. The molecule has 0 aliphatic heterocycles. The molecule has 0 heterocycles. The van der Waals surface area contributed by atoms with E-state index in [1.165, 1.54) is 11.1 Å². The van der Waals surface area contributed by atoms with Crippen molar-refractivity contribution in [2.45, 2.75) is 33.6 Å². The van der Waals surface area contributed by atoms with E-state index in [9.17, 15) is 0 Å². The standard InChI is InChI=1S/C16H25N3/c1-4-17-15(18-5-2)19-12-16(3)10-13-8-6-7-9-14(13)11-16/h6-9H,4-5,10-12H2,1-3H3,(H2,17,18,19). The van der Waals surface area contributed by atoms with Crippen LogP contribution in [0.5, 0.6) is 0 Å². The molecular weight excluding hydrogens is 234 g/mol. The molecule has 0 bridgehead atoms. The summed E-state index contributed by atoms with van der Waals surface area (Å²) in [6.07, 6.45) is 2.27. The lowest BCUT2D eigenvalue weighted by Crippen LogP contribution is -2.38. The van der Waals surface area contributed by atoms with Crippen molar-refractivity contribution in [1.29, 1.82) is 0 Å². The van der Waals surface area contributed by atoms with Gasteiger partial charge in [0.1, 0.15) is 0 Å². The second-order valence-electron chi connectivity index (χ2n) is 5.66. The molecule has 0 atom stereocenters. The predicted molar refractivity (Wildman–Crippen MR) is 81.6 cm³/mol. The van der Waals surface area contributed by atoms with Crippen LogP contribution in [-0.2, 0) is 12.8 Å². The van der Waals surface area contributed by atoms with Crippen molar-refractivity contribution in [2.24, 2.45) is 10.4 Å². The summed E-state index contributed by atoms with van der Waals surface area (Å²) < 4.78 is 0. The monoisotopic (exact) mass is 259 g/mol. The lowest BCUT2D eigenvalue weighted by atomic mass is 9.87. The highest BCUT2D eigenvalue weighted by Crippen LogP contribution is 2.36. The van der Waals surface area contributed by atoms with Crippen LogP contribution < -0.4 is 10.6 Å². The maximum Gasteiger partial charge on any atom is 0.191 e. The maximum atomic E-state index is 4.73. The van der Waals surface area contributed by atoms with E-state index in [-0.39, 0.29) is 5.41 Å². The number of nitrogens with one attached hydrogen (secondary N) is 2. The molecule has 0 radical (unpaired) electrons. The summed E-state index contributed by atoms with van der Waals surface area (Å²) in [5.41, 5.74) is 3.25. The van der Waals surface area contributed by atoms with Gasteiger partial charge < -0.3 is 10.6 Å². The van der Waals surface area contributed by atoms with Crippen molar-refractivity contribution in [3.05, 3.63) is 35.4 Å². The molecule has 1 aliphatic carbocycles. The zero-order chi connectivity index (χ0) is 13.7. The highest BCUT2D eigenvalue weighted by molar-refractivity contribution is 5.79. The quantitative estimate of drug-likeness (QED) is 0.643. The van der Waals surface area contributed by atoms with Gasteiger partial charge >= 0.3 is 0 Å². The van der Waals surface area contributed by atoms with Crippen molar-refractivity contribution < 1.29 is 0 Å². The van der Waals surface area contributed by atoms with E-state index in [2.05, 4.69) is 55.7 Å². The minimum absolute atomic E-state index is 0.264. The number of benzene rings is 1. The second kappa shape index (κ2) is 6.09. The summed E-state index contributed by atoms with van der Waals surface area (Å²) >= 11 is 0. The summed E-state index contributed by atoms with van der Waals surface area (Å²) in [5, 5.41) is 6.57. The molecule has 2 N–H and O–H groups in total. The number of hydrogen-bond acceptors (Lipinski definition) is 1. The average Bonchev–Trinajstić information content (AvgIpc) is 2.73. The Kier molecular flexibility index (Phi) is 4.46. The predicted octanol–water partition coefficient (Wildman–Crippen LogP) is 2.37. The third-order valence-corrected chi connectivity index (χ3v) is 3.66. The molecule has 0 spiro atoms. The first-order valence-corrected chi connectivity index (χ1v) is 7.26. The zero-order valence-electron chi connectivity index (χ0n) is 12.3. The van der Waals surface area contributed by atoms with Crippen LogP contribution in [0.3, 0.4) is 0 Å². The molecule has 3 heteroatoms. The van der Waals surface area contributed by atoms with Gasteiger partial charge in [-0.2, -0.15) is 0 Å². The fourth-order valence-corrected chi connectivity index (χ4v) is 2.78. The minimum atomic E-state index is 0.264. The molecule has 0 fully saturated rings.